The zero-order chi connectivity index (χ0) is 13.2. The van der Waals surface area contributed by atoms with Crippen molar-refractivity contribution in [2.45, 2.75) is 25.8 Å². The number of piperidine rings is 1. The SMILES string of the molecule is CC(=O)Nc1ccc(OCCN2CC[C@@H]3C[C@@H]32)cc1. The number of anilines is 1. The number of nitrogens with one attached hydrogen (secondary N) is 1. The average Bonchev–Trinajstić information content (AvgIpc) is 3.06. The molecule has 1 saturated heterocycles. The van der Waals surface area contributed by atoms with E-state index in [1.807, 2.05) is 24.3 Å². The van der Waals surface area contributed by atoms with Crippen LogP contribution in [0.4, 0.5) is 5.69 Å². The molecule has 1 aliphatic heterocycles. The first kappa shape index (κ1) is 12.5. The van der Waals surface area contributed by atoms with E-state index in [1.165, 1.54) is 26.3 Å². The van der Waals surface area contributed by atoms with E-state index >= 15 is 0 Å². The van der Waals surface area contributed by atoms with Gasteiger partial charge in [0.2, 0.25) is 5.91 Å². The quantitative estimate of drug-likeness (QED) is 0.881. The first-order valence-corrected chi connectivity index (χ1v) is 6.97. The highest BCUT2D eigenvalue weighted by Crippen LogP contribution is 2.43. The number of nitrogens with zero attached hydrogens (tertiary/aromatic N) is 1. The predicted molar refractivity (Wildman–Crippen MR) is 74.3 cm³/mol. The fourth-order valence-electron chi connectivity index (χ4n) is 2.88. The molecule has 102 valence electrons. The van der Waals surface area contributed by atoms with Gasteiger partial charge in [-0.05, 0) is 49.6 Å². The molecular formula is C15H20N2O2. The minimum absolute atomic E-state index is 0.0540. The molecule has 1 amide bonds. The molecule has 2 atom stereocenters. The van der Waals surface area contributed by atoms with E-state index in [2.05, 4.69) is 10.2 Å². The molecule has 4 heteroatoms. The Labute approximate surface area is 113 Å². The fourth-order valence-corrected chi connectivity index (χ4v) is 2.88. The van der Waals surface area contributed by atoms with Gasteiger partial charge in [-0.2, -0.15) is 0 Å². The van der Waals surface area contributed by atoms with Gasteiger partial charge in [0.1, 0.15) is 12.4 Å². The van der Waals surface area contributed by atoms with E-state index in [1.54, 1.807) is 0 Å². The Bertz CT molecular complexity index is 458. The lowest BCUT2D eigenvalue weighted by molar-refractivity contribution is -0.114. The summed E-state index contributed by atoms with van der Waals surface area (Å²) in [6.07, 6.45) is 2.77. The number of amides is 1. The van der Waals surface area contributed by atoms with Crippen LogP contribution in [0.5, 0.6) is 5.75 Å². The van der Waals surface area contributed by atoms with Gasteiger partial charge in [0, 0.05) is 25.2 Å². The summed E-state index contributed by atoms with van der Waals surface area (Å²) >= 11 is 0. The largest absolute Gasteiger partial charge is 0.492 e. The molecule has 0 unspecified atom stereocenters. The van der Waals surface area contributed by atoms with Crippen molar-refractivity contribution in [3.05, 3.63) is 24.3 Å². The summed E-state index contributed by atoms with van der Waals surface area (Å²) in [5.74, 6) is 1.79. The van der Waals surface area contributed by atoms with Gasteiger partial charge in [0.25, 0.3) is 0 Å². The van der Waals surface area contributed by atoms with Crippen molar-refractivity contribution < 1.29 is 9.53 Å². The number of rotatable bonds is 5. The lowest BCUT2D eigenvalue weighted by Crippen LogP contribution is -2.28. The second-order valence-electron chi connectivity index (χ2n) is 5.44. The fraction of sp³-hybridized carbons (Fsp3) is 0.533. The zero-order valence-electron chi connectivity index (χ0n) is 11.3. The highest BCUT2D eigenvalue weighted by molar-refractivity contribution is 5.88. The maximum absolute atomic E-state index is 10.9. The standard InChI is InChI=1S/C15H20N2O2/c1-11(18)16-13-2-4-14(5-3-13)19-9-8-17-7-6-12-10-15(12)17/h2-5,12,15H,6-10H2,1H3,(H,16,18)/t12-,15+/m1/s1. The van der Waals surface area contributed by atoms with Gasteiger partial charge in [0.05, 0.1) is 0 Å². The summed E-state index contributed by atoms with van der Waals surface area (Å²) in [6, 6.07) is 8.38. The molecule has 1 aromatic rings. The van der Waals surface area contributed by atoms with Gasteiger partial charge >= 0.3 is 0 Å². The number of ether oxygens (including phenoxy) is 1. The third-order valence-electron chi connectivity index (χ3n) is 3.96. The number of likely N-dealkylation sites (tertiary alicyclic amines) is 1. The average molecular weight is 260 g/mol. The summed E-state index contributed by atoms with van der Waals surface area (Å²) in [4.78, 5) is 13.4. The molecule has 2 fully saturated rings. The van der Waals surface area contributed by atoms with Crippen LogP contribution in [0.15, 0.2) is 24.3 Å². The molecule has 4 nitrogen and oxygen atoms in total. The van der Waals surface area contributed by atoms with Crippen molar-refractivity contribution in [2.24, 2.45) is 5.92 Å². The number of fused-ring (bicyclic) bond motifs is 1. The highest BCUT2D eigenvalue weighted by Gasteiger charge is 2.46. The van der Waals surface area contributed by atoms with Crippen molar-refractivity contribution >= 4 is 11.6 Å². The molecule has 0 spiro atoms. The van der Waals surface area contributed by atoms with Crippen LogP contribution >= 0.6 is 0 Å². The zero-order valence-corrected chi connectivity index (χ0v) is 11.3. The summed E-state index contributed by atoms with van der Waals surface area (Å²) in [7, 11) is 0. The number of carbonyl (C=O) groups is 1. The lowest BCUT2D eigenvalue weighted by atomic mass is 10.3. The second kappa shape index (κ2) is 5.21. The molecule has 3 rings (SSSR count). The van der Waals surface area contributed by atoms with Crippen molar-refractivity contribution in [3.63, 3.8) is 0 Å². The highest BCUT2D eigenvalue weighted by atomic mass is 16.5. The third kappa shape index (κ3) is 3.07. The molecular weight excluding hydrogens is 240 g/mol. The number of carbonyl (C=O) groups excluding carboxylic acids is 1. The van der Waals surface area contributed by atoms with E-state index in [9.17, 15) is 4.79 Å². The Kier molecular flexibility index (Phi) is 3.42. The molecule has 19 heavy (non-hydrogen) atoms. The van der Waals surface area contributed by atoms with Crippen LogP contribution in [-0.4, -0.2) is 36.5 Å². The van der Waals surface area contributed by atoms with Crippen LogP contribution < -0.4 is 10.1 Å². The Balaban J connectivity index is 1.43. The topological polar surface area (TPSA) is 41.6 Å². The number of hydrogen-bond acceptors (Lipinski definition) is 3. The molecule has 1 aliphatic carbocycles. The van der Waals surface area contributed by atoms with Crippen LogP contribution in [0.1, 0.15) is 19.8 Å². The Hall–Kier alpha value is -1.55. The molecule has 0 radical (unpaired) electrons. The molecule has 0 bridgehead atoms. The molecule has 1 aromatic carbocycles. The van der Waals surface area contributed by atoms with E-state index < -0.39 is 0 Å². The minimum Gasteiger partial charge on any atom is -0.492 e. The smallest absolute Gasteiger partial charge is 0.221 e. The van der Waals surface area contributed by atoms with Gasteiger partial charge in [0.15, 0.2) is 0 Å². The lowest BCUT2D eigenvalue weighted by Gasteiger charge is -2.17. The molecule has 2 aliphatic rings. The van der Waals surface area contributed by atoms with Gasteiger partial charge in [-0.15, -0.1) is 0 Å². The van der Waals surface area contributed by atoms with E-state index in [0.717, 1.165) is 36.5 Å². The molecule has 1 saturated carbocycles. The number of benzene rings is 1. The van der Waals surface area contributed by atoms with Crippen molar-refractivity contribution in [1.29, 1.82) is 0 Å². The minimum atomic E-state index is -0.0540. The summed E-state index contributed by atoms with van der Waals surface area (Å²) < 4.78 is 5.74. The predicted octanol–water partition coefficient (Wildman–Crippen LogP) is 2.12. The van der Waals surface area contributed by atoms with Crippen LogP contribution in [0.3, 0.4) is 0 Å². The second-order valence-corrected chi connectivity index (χ2v) is 5.44. The van der Waals surface area contributed by atoms with Crippen LogP contribution in [0.25, 0.3) is 0 Å². The molecule has 1 N–H and O–H groups in total. The molecule has 0 aromatic heterocycles. The Morgan fingerprint density at radius 2 is 2.21 bits per heavy atom. The van der Waals surface area contributed by atoms with E-state index in [0.29, 0.717) is 0 Å². The normalized spacial score (nSPS) is 24.9. The van der Waals surface area contributed by atoms with E-state index in [-0.39, 0.29) is 5.91 Å². The first-order valence-electron chi connectivity index (χ1n) is 6.97. The third-order valence-corrected chi connectivity index (χ3v) is 3.96. The summed E-state index contributed by atoms with van der Waals surface area (Å²) in [5.41, 5.74) is 0.806. The maximum Gasteiger partial charge on any atom is 0.221 e. The van der Waals surface area contributed by atoms with Crippen molar-refractivity contribution in [1.82, 2.24) is 4.90 Å². The van der Waals surface area contributed by atoms with Crippen LogP contribution in [-0.2, 0) is 4.79 Å². The Morgan fingerprint density at radius 1 is 1.42 bits per heavy atom. The van der Waals surface area contributed by atoms with Crippen molar-refractivity contribution in [3.8, 4) is 5.75 Å². The van der Waals surface area contributed by atoms with E-state index in [4.69, 9.17) is 4.74 Å². The maximum atomic E-state index is 10.9. The Morgan fingerprint density at radius 3 is 2.79 bits per heavy atom. The summed E-state index contributed by atoms with van der Waals surface area (Å²) in [6.45, 7) is 4.50. The molecule has 1 heterocycles. The van der Waals surface area contributed by atoms with Gasteiger partial charge in [-0.1, -0.05) is 0 Å². The van der Waals surface area contributed by atoms with Crippen LogP contribution in [0.2, 0.25) is 0 Å². The number of hydrogen-bond donors (Lipinski definition) is 1. The van der Waals surface area contributed by atoms with Gasteiger partial charge in [-0.3, -0.25) is 9.69 Å². The summed E-state index contributed by atoms with van der Waals surface area (Å²) in [5, 5.41) is 2.74. The van der Waals surface area contributed by atoms with Crippen molar-refractivity contribution in [2.75, 3.05) is 25.0 Å². The monoisotopic (exact) mass is 260 g/mol. The first-order chi connectivity index (χ1) is 9.22. The van der Waals surface area contributed by atoms with Gasteiger partial charge < -0.3 is 10.1 Å². The van der Waals surface area contributed by atoms with Crippen LogP contribution in [0, 0.1) is 5.92 Å². The van der Waals surface area contributed by atoms with Gasteiger partial charge in [-0.25, -0.2) is 0 Å².